The van der Waals surface area contributed by atoms with Crippen molar-refractivity contribution >= 4 is 0 Å². The van der Waals surface area contributed by atoms with Gasteiger partial charge in [-0.25, -0.2) is 0 Å². The van der Waals surface area contributed by atoms with Crippen molar-refractivity contribution in [3.8, 4) is 11.5 Å². The number of piperazine rings is 1. The van der Waals surface area contributed by atoms with Crippen LogP contribution in [0.1, 0.15) is 18.5 Å². The van der Waals surface area contributed by atoms with Crippen molar-refractivity contribution in [1.29, 1.82) is 0 Å². The van der Waals surface area contributed by atoms with Crippen LogP contribution in [0.3, 0.4) is 0 Å². The maximum absolute atomic E-state index is 5.65. The molecular weight excluding hydrogens is 228 g/mol. The molecular formula is C14H20N2O2. The van der Waals surface area contributed by atoms with Gasteiger partial charge in [0.2, 0.25) is 0 Å². The second-order valence-electron chi connectivity index (χ2n) is 4.87. The Bertz CT molecular complexity index is 416. The summed E-state index contributed by atoms with van der Waals surface area (Å²) in [6.07, 6.45) is 0. The lowest BCUT2D eigenvalue weighted by Crippen LogP contribution is -2.44. The second kappa shape index (κ2) is 5.16. The second-order valence-corrected chi connectivity index (χ2v) is 4.87. The molecule has 1 unspecified atom stereocenters. The summed E-state index contributed by atoms with van der Waals surface area (Å²) in [5.74, 6) is 1.76. The molecule has 1 fully saturated rings. The number of rotatable bonds is 2. The van der Waals surface area contributed by atoms with Crippen LogP contribution in [0.2, 0.25) is 0 Å². The van der Waals surface area contributed by atoms with E-state index in [9.17, 15) is 0 Å². The highest BCUT2D eigenvalue weighted by Gasteiger charge is 2.20. The fourth-order valence-electron chi connectivity index (χ4n) is 2.60. The number of nitrogens with one attached hydrogen (secondary N) is 1. The molecule has 4 nitrogen and oxygen atoms in total. The lowest BCUT2D eigenvalue weighted by Gasteiger charge is -2.33. The standard InChI is InChI=1S/C14H20N2O2/c1-11(16-6-4-15-5-7-16)12-2-3-13-14(10-12)18-9-8-17-13/h2-3,10-11,15H,4-9H2,1H3. The van der Waals surface area contributed by atoms with E-state index < -0.39 is 0 Å². The maximum Gasteiger partial charge on any atom is 0.161 e. The van der Waals surface area contributed by atoms with Crippen molar-refractivity contribution in [2.45, 2.75) is 13.0 Å². The first-order valence-corrected chi connectivity index (χ1v) is 6.69. The molecule has 3 rings (SSSR count). The van der Waals surface area contributed by atoms with Crippen LogP contribution in [0.4, 0.5) is 0 Å². The van der Waals surface area contributed by atoms with Gasteiger partial charge < -0.3 is 14.8 Å². The largest absolute Gasteiger partial charge is 0.486 e. The van der Waals surface area contributed by atoms with Crippen LogP contribution in [0.5, 0.6) is 11.5 Å². The Morgan fingerprint density at radius 1 is 1.11 bits per heavy atom. The molecule has 4 heteroatoms. The molecule has 1 saturated heterocycles. The predicted molar refractivity (Wildman–Crippen MR) is 70.3 cm³/mol. The van der Waals surface area contributed by atoms with E-state index >= 15 is 0 Å². The fourth-order valence-corrected chi connectivity index (χ4v) is 2.60. The van der Waals surface area contributed by atoms with Gasteiger partial charge in [0.25, 0.3) is 0 Å². The molecule has 2 aliphatic rings. The summed E-state index contributed by atoms with van der Waals surface area (Å²) in [7, 11) is 0. The van der Waals surface area contributed by atoms with Gasteiger partial charge in [-0.2, -0.15) is 0 Å². The monoisotopic (exact) mass is 248 g/mol. The number of hydrogen-bond donors (Lipinski definition) is 1. The highest BCUT2D eigenvalue weighted by molar-refractivity contribution is 5.44. The summed E-state index contributed by atoms with van der Waals surface area (Å²) in [5.41, 5.74) is 1.31. The average molecular weight is 248 g/mol. The van der Waals surface area contributed by atoms with E-state index in [-0.39, 0.29) is 0 Å². The third-order valence-electron chi connectivity index (χ3n) is 3.75. The quantitative estimate of drug-likeness (QED) is 0.858. The van der Waals surface area contributed by atoms with E-state index in [4.69, 9.17) is 9.47 Å². The smallest absolute Gasteiger partial charge is 0.161 e. The van der Waals surface area contributed by atoms with Gasteiger partial charge in [0.1, 0.15) is 13.2 Å². The Hall–Kier alpha value is -1.26. The third-order valence-corrected chi connectivity index (χ3v) is 3.75. The van der Waals surface area contributed by atoms with Gasteiger partial charge in [-0.15, -0.1) is 0 Å². The highest BCUT2D eigenvalue weighted by atomic mass is 16.6. The minimum atomic E-state index is 0.433. The fraction of sp³-hybridized carbons (Fsp3) is 0.571. The maximum atomic E-state index is 5.65. The molecule has 0 bridgehead atoms. The highest BCUT2D eigenvalue weighted by Crippen LogP contribution is 2.33. The van der Waals surface area contributed by atoms with Crippen LogP contribution >= 0.6 is 0 Å². The Balaban J connectivity index is 1.78. The molecule has 1 aromatic carbocycles. The van der Waals surface area contributed by atoms with Crippen LogP contribution in [0.15, 0.2) is 18.2 Å². The van der Waals surface area contributed by atoms with Gasteiger partial charge in [-0.1, -0.05) is 6.07 Å². The Morgan fingerprint density at radius 2 is 1.83 bits per heavy atom. The van der Waals surface area contributed by atoms with E-state index in [1.807, 2.05) is 6.07 Å². The zero-order chi connectivity index (χ0) is 12.4. The zero-order valence-corrected chi connectivity index (χ0v) is 10.8. The summed E-state index contributed by atoms with van der Waals surface area (Å²) < 4.78 is 11.2. The summed E-state index contributed by atoms with van der Waals surface area (Å²) in [6, 6.07) is 6.74. The minimum absolute atomic E-state index is 0.433. The molecule has 1 N–H and O–H groups in total. The molecule has 98 valence electrons. The molecule has 0 aliphatic carbocycles. The molecule has 1 aromatic rings. The van der Waals surface area contributed by atoms with E-state index in [0.29, 0.717) is 19.3 Å². The van der Waals surface area contributed by atoms with Gasteiger partial charge in [0.15, 0.2) is 11.5 Å². The van der Waals surface area contributed by atoms with E-state index in [1.165, 1.54) is 5.56 Å². The average Bonchev–Trinajstić information content (AvgIpc) is 2.47. The molecule has 1 atom stereocenters. The molecule has 2 heterocycles. The third kappa shape index (κ3) is 2.31. The molecule has 0 spiro atoms. The van der Waals surface area contributed by atoms with Gasteiger partial charge in [-0.3, -0.25) is 4.90 Å². The Labute approximate surface area is 108 Å². The molecule has 0 amide bonds. The summed E-state index contributed by atoms with van der Waals surface area (Å²) in [4.78, 5) is 2.50. The zero-order valence-electron chi connectivity index (χ0n) is 10.8. The first kappa shape index (κ1) is 11.8. The molecule has 0 radical (unpaired) electrons. The van der Waals surface area contributed by atoms with Crippen LogP contribution in [0, 0.1) is 0 Å². The number of hydrogen-bond acceptors (Lipinski definition) is 4. The number of ether oxygens (including phenoxy) is 2. The van der Waals surface area contributed by atoms with Crippen molar-refractivity contribution in [2.75, 3.05) is 39.4 Å². The van der Waals surface area contributed by atoms with Gasteiger partial charge in [0, 0.05) is 32.2 Å². The lowest BCUT2D eigenvalue weighted by molar-refractivity contribution is 0.168. The normalized spacial score (nSPS) is 21.6. The SMILES string of the molecule is CC(c1ccc2c(c1)OCCO2)N1CCNCC1. The lowest BCUT2D eigenvalue weighted by atomic mass is 10.1. The van der Waals surface area contributed by atoms with Crippen molar-refractivity contribution < 1.29 is 9.47 Å². The summed E-state index contributed by atoms with van der Waals surface area (Å²) in [6.45, 7) is 7.93. The van der Waals surface area contributed by atoms with Crippen molar-refractivity contribution in [3.63, 3.8) is 0 Å². The van der Waals surface area contributed by atoms with Crippen molar-refractivity contribution in [1.82, 2.24) is 10.2 Å². The van der Waals surface area contributed by atoms with Crippen LogP contribution in [-0.4, -0.2) is 44.3 Å². The van der Waals surface area contributed by atoms with E-state index in [1.54, 1.807) is 0 Å². The van der Waals surface area contributed by atoms with Gasteiger partial charge >= 0.3 is 0 Å². The van der Waals surface area contributed by atoms with Crippen LogP contribution < -0.4 is 14.8 Å². The molecule has 0 saturated carbocycles. The number of nitrogens with zero attached hydrogens (tertiary/aromatic N) is 1. The number of fused-ring (bicyclic) bond motifs is 1. The summed E-state index contributed by atoms with van der Waals surface area (Å²) >= 11 is 0. The minimum Gasteiger partial charge on any atom is -0.486 e. The predicted octanol–water partition coefficient (Wildman–Crippen LogP) is 1.42. The first-order chi connectivity index (χ1) is 8.84. The topological polar surface area (TPSA) is 33.7 Å². The first-order valence-electron chi connectivity index (χ1n) is 6.69. The summed E-state index contributed by atoms with van der Waals surface area (Å²) in [5, 5.41) is 3.38. The van der Waals surface area contributed by atoms with Crippen LogP contribution in [-0.2, 0) is 0 Å². The Kier molecular flexibility index (Phi) is 3.39. The van der Waals surface area contributed by atoms with Crippen molar-refractivity contribution in [2.24, 2.45) is 0 Å². The van der Waals surface area contributed by atoms with E-state index in [2.05, 4.69) is 29.3 Å². The molecule has 18 heavy (non-hydrogen) atoms. The Morgan fingerprint density at radius 3 is 2.61 bits per heavy atom. The van der Waals surface area contributed by atoms with Gasteiger partial charge in [-0.05, 0) is 24.6 Å². The van der Waals surface area contributed by atoms with Crippen molar-refractivity contribution in [3.05, 3.63) is 23.8 Å². The molecule has 0 aromatic heterocycles. The van der Waals surface area contributed by atoms with E-state index in [0.717, 1.165) is 37.7 Å². The van der Waals surface area contributed by atoms with Crippen LogP contribution in [0.25, 0.3) is 0 Å². The van der Waals surface area contributed by atoms with Gasteiger partial charge in [0.05, 0.1) is 0 Å². The molecule has 2 aliphatic heterocycles. The number of benzene rings is 1.